The molecule has 7 heteroatoms. The van der Waals surface area contributed by atoms with Crippen LogP contribution in [-0.2, 0) is 6.54 Å². The van der Waals surface area contributed by atoms with E-state index in [0.29, 0.717) is 12.6 Å². The van der Waals surface area contributed by atoms with Gasteiger partial charge in [-0.1, -0.05) is 32.0 Å². The lowest BCUT2D eigenvalue weighted by Gasteiger charge is -2.23. The summed E-state index contributed by atoms with van der Waals surface area (Å²) in [6.07, 6.45) is 3.34. The first kappa shape index (κ1) is 19.4. The molecule has 1 rings (SSSR count). The normalized spacial score (nSPS) is 13.0. The standard InChI is InChI=1S/C15H31N5OS/c1-5-7-10-20-14(13(6-2)19(3)4)17-18-15(20)22-12-9-16-8-11-21/h13,16,21H,5-12H2,1-4H3/t13-/m0/s1. The van der Waals surface area contributed by atoms with Crippen molar-refractivity contribution in [1.29, 1.82) is 0 Å². The van der Waals surface area contributed by atoms with E-state index in [1.807, 2.05) is 0 Å². The van der Waals surface area contributed by atoms with E-state index in [4.69, 9.17) is 5.11 Å². The zero-order chi connectivity index (χ0) is 16.4. The molecule has 0 aliphatic carbocycles. The van der Waals surface area contributed by atoms with Crippen molar-refractivity contribution >= 4 is 11.8 Å². The van der Waals surface area contributed by atoms with Gasteiger partial charge in [-0.15, -0.1) is 10.2 Å². The summed E-state index contributed by atoms with van der Waals surface area (Å²) in [5.74, 6) is 2.01. The Balaban J connectivity index is 2.76. The zero-order valence-corrected chi connectivity index (χ0v) is 15.2. The maximum absolute atomic E-state index is 8.77. The van der Waals surface area contributed by atoms with E-state index in [-0.39, 0.29) is 6.61 Å². The number of hydrogen-bond donors (Lipinski definition) is 2. The molecular weight excluding hydrogens is 298 g/mol. The van der Waals surface area contributed by atoms with Crippen LogP contribution in [0.1, 0.15) is 45.0 Å². The minimum atomic E-state index is 0.183. The van der Waals surface area contributed by atoms with E-state index in [9.17, 15) is 0 Å². The molecule has 0 radical (unpaired) electrons. The smallest absolute Gasteiger partial charge is 0.191 e. The van der Waals surface area contributed by atoms with Crippen molar-refractivity contribution in [1.82, 2.24) is 25.0 Å². The fourth-order valence-corrected chi connectivity index (χ4v) is 3.25. The summed E-state index contributed by atoms with van der Waals surface area (Å²) in [6.45, 7) is 7.07. The Morgan fingerprint density at radius 3 is 2.64 bits per heavy atom. The van der Waals surface area contributed by atoms with Gasteiger partial charge < -0.3 is 15.0 Å². The molecule has 0 spiro atoms. The van der Waals surface area contributed by atoms with E-state index >= 15 is 0 Å². The van der Waals surface area contributed by atoms with Gasteiger partial charge in [-0.25, -0.2) is 0 Å². The molecule has 128 valence electrons. The molecule has 0 saturated heterocycles. The quantitative estimate of drug-likeness (QED) is 0.450. The molecule has 1 heterocycles. The highest BCUT2D eigenvalue weighted by atomic mass is 32.2. The lowest BCUT2D eigenvalue weighted by molar-refractivity contribution is 0.270. The van der Waals surface area contributed by atoms with Crippen LogP contribution in [0.5, 0.6) is 0 Å². The second-order valence-electron chi connectivity index (χ2n) is 5.56. The van der Waals surface area contributed by atoms with Gasteiger partial charge in [0.2, 0.25) is 0 Å². The molecule has 0 bridgehead atoms. The summed E-state index contributed by atoms with van der Waals surface area (Å²) < 4.78 is 2.29. The molecule has 0 amide bonds. The van der Waals surface area contributed by atoms with Gasteiger partial charge in [0, 0.05) is 25.4 Å². The molecule has 0 aromatic carbocycles. The molecule has 22 heavy (non-hydrogen) atoms. The largest absolute Gasteiger partial charge is 0.395 e. The summed E-state index contributed by atoms with van der Waals surface area (Å²) in [5.41, 5.74) is 0. The summed E-state index contributed by atoms with van der Waals surface area (Å²) in [7, 11) is 4.19. The molecular formula is C15H31N5OS. The van der Waals surface area contributed by atoms with E-state index in [0.717, 1.165) is 42.7 Å². The highest BCUT2D eigenvalue weighted by Crippen LogP contribution is 2.25. The van der Waals surface area contributed by atoms with Crippen LogP contribution in [0, 0.1) is 0 Å². The van der Waals surface area contributed by atoms with Crippen molar-refractivity contribution in [3.63, 3.8) is 0 Å². The predicted octanol–water partition coefficient (Wildman–Crippen LogP) is 1.76. The average molecular weight is 330 g/mol. The Bertz CT molecular complexity index is 411. The van der Waals surface area contributed by atoms with Crippen LogP contribution in [0.2, 0.25) is 0 Å². The van der Waals surface area contributed by atoms with E-state index in [2.05, 4.69) is 52.9 Å². The Morgan fingerprint density at radius 1 is 1.27 bits per heavy atom. The third kappa shape index (κ3) is 5.87. The highest BCUT2D eigenvalue weighted by Gasteiger charge is 2.21. The highest BCUT2D eigenvalue weighted by molar-refractivity contribution is 7.99. The Hall–Kier alpha value is -0.630. The summed E-state index contributed by atoms with van der Waals surface area (Å²) >= 11 is 1.74. The third-order valence-electron chi connectivity index (χ3n) is 3.59. The van der Waals surface area contributed by atoms with Crippen LogP contribution in [0.4, 0.5) is 0 Å². The molecule has 1 atom stereocenters. The Labute approximate surface area is 138 Å². The van der Waals surface area contributed by atoms with Gasteiger partial charge in [-0.2, -0.15) is 0 Å². The molecule has 2 N–H and O–H groups in total. The summed E-state index contributed by atoms with van der Waals surface area (Å²) in [5, 5.41) is 21.8. The van der Waals surface area contributed by atoms with Crippen molar-refractivity contribution < 1.29 is 5.11 Å². The molecule has 0 saturated carbocycles. The zero-order valence-electron chi connectivity index (χ0n) is 14.4. The van der Waals surface area contributed by atoms with Gasteiger partial charge >= 0.3 is 0 Å². The molecule has 1 aromatic rings. The van der Waals surface area contributed by atoms with Crippen LogP contribution >= 0.6 is 11.8 Å². The monoisotopic (exact) mass is 329 g/mol. The molecule has 0 unspecified atom stereocenters. The first-order valence-electron chi connectivity index (χ1n) is 8.19. The lowest BCUT2D eigenvalue weighted by Crippen LogP contribution is -2.23. The van der Waals surface area contributed by atoms with Crippen LogP contribution in [0.3, 0.4) is 0 Å². The summed E-state index contributed by atoms with van der Waals surface area (Å²) in [6, 6.07) is 0.311. The van der Waals surface area contributed by atoms with Crippen molar-refractivity contribution in [3.05, 3.63) is 5.82 Å². The van der Waals surface area contributed by atoms with Crippen LogP contribution in [0.15, 0.2) is 5.16 Å². The minimum absolute atomic E-state index is 0.183. The van der Waals surface area contributed by atoms with Crippen molar-refractivity contribution in [2.75, 3.05) is 39.5 Å². The number of nitrogens with zero attached hydrogens (tertiary/aromatic N) is 4. The minimum Gasteiger partial charge on any atom is -0.395 e. The number of nitrogens with one attached hydrogen (secondary N) is 1. The van der Waals surface area contributed by atoms with Crippen molar-refractivity contribution in [2.24, 2.45) is 0 Å². The van der Waals surface area contributed by atoms with Crippen LogP contribution < -0.4 is 5.32 Å². The molecule has 1 aromatic heterocycles. The second-order valence-corrected chi connectivity index (χ2v) is 6.62. The molecule has 0 fully saturated rings. The number of thioether (sulfide) groups is 1. The first-order valence-corrected chi connectivity index (χ1v) is 9.18. The van der Waals surface area contributed by atoms with Gasteiger partial charge in [0.15, 0.2) is 11.0 Å². The molecule has 0 aliphatic heterocycles. The number of aliphatic hydroxyl groups is 1. The van der Waals surface area contributed by atoms with E-state index < -0.39 is 0 Å². The van der Waals surface area contributed by atoms with Gasteiger partial charge in [-0.3, -0.25) is 4.90 Å². The Morgan fingerprint density at radius 2 is 2.05 bits per heavy atom. The fourth-order valence-electron chi connectivity index (χ4n) is 2.38. The van der Waals surface area contributed by atoms with Gasteiger partial charge in [0.1, 0.15) is 0 Å². The first-order chi connectivity index (χ1) is 10.7. The van der Waals surface area contributed by atoms with Crippen molar-refractivity contribution in [3.8, 4) is 0 Å². The topological polar surface area (TPSA) is 66.2 Å². The fraction of sp³-hybridized carbons (Fsp3) is 0.867. The SMILES string of the molecule is CCCCn1c(SCCNCCO)nnc1[C@H](CC)N(C)C. The van der Waals surface area contributed by atoms with Crippen molar-refractivity contribution in [2.45, 2.75) is 50.9 Å². The maximum atomic E-state index is 8.77. The number of unbranched alkanes of at least 4 members (excludes halogenated alkanes) is 1. The van der Waals surface area contributed by atoms with Crippen LogP contribution in [-0.4, -0.2) is 64.3 Å². The van der Waals surface area contributed by atoms with E-state index in [1.165, 1.54) is 6.42 Å². The van der Waals surface area contributed by atoms with E-state index in [1.54, 1.807) is 11.8 Å². The number of aliphatic hydroxyl groups excluding tert-OH is 1. The third-order valence-corrected chi connectivity index (χ3v) is 4.56. The Kier molecular flexibility index (Phi) is 9.70. The second kappa shape index (κ2) is 11.0. The van der Waals surface area contributed by atoms with Gasteiger partial charge in [-0.05, 0) is 26.9 Å². The van der Waals surface area contributed by atoms with Gasteiger partial charge in [0.25, 0.3) is 0 Å². The average Bonchev–Trinajstić information content (AvgIpc) is 2.88. The van der Waals surface area contributed by atoms with Gasteiger partial charge in [0.05, 0.1) is 12.6 Å². The lowest BCUT2D eigenvalue weighted by atomic mass is 10.2. The predicted molar refractivity (Wildman–Crippen MR) is 92.3 cm³/mol. The molecule has 0 aliphatic rings. The molecule has 6 nitrogen and oxygen atoms in total. The number of aromatic nitrogens is 3. The number of rotatable bonds is 12. The number of hydrogen-bond acceptors (Lipinski definition) is 6. The van der Waals surface area contributed by atoms with Crippen LogP contribution in [0.25, 0.3) is 0 Å². The maximum Gasteiger partial charge on any atom is 0.191 e. The summed E-state index contributed by atoms with van der Waals surface area (Å²) in [4.78, 5) is 2.21.